The van der Waals surface area contributed by atoms with Gasteiger partial charge in [0.25, 0.3) is 0 Å². The quantitative estimate of drug-likeness (QED) is 0.434. The first-order valence-electron chi connectivity index (χ1n) is 6.31. The van der Waals surface area contributed by atoms with E-state index in [2.05, 4.69) is 15.9 Å². The van der Waals surface area contributed by atoms with E-state index in [0.717, 1.165) is 12.8 Å². The number of piperidine rings is 1. The van der Waals surface area contributed by atoms with Crippen LogP contribution in [0.3, 0.4) is 0 Å². The van der Waals surface area contributed by atoms with Crippen molar-refractivity contribution in [1.29, 1.82) is 0 Å². The largest absolute Gasteiger partial charge is 0.464 e. The van der Waals surface area contributed by atoms with E-state index in [9.17, 15) is 9.59 Å². The van der Waals surface area contributed by atoms with Crippen LogP contribution in [0.2, 0.25) is 0 Å². The van der Waals surface area contributed by atoms with E-state index in [0.29, 0.717) is 17.9 Å². The van der Waals surface area contributed by atoms with Gasteiger partial charge < -0.3 is 9.47 Å². The number of ether oxygens (including phenoxy) is 2. The van der Waals surface area contributed by atoms with Crippen molar-refractivity contribution in [3.05, 3.63) is 0 Å². The number of esters is 2. The lowest BCUT2D eigenvalue weighted by Gasteiger charge is -2.33. The maximum atomic E-state index is 11.9. The van der Waals surface area contributed by atoms with E-state index in [1.54, 1.807) is 13.8 Å². The average molecular weight is 322 g/mol. The second-order valence-electron chi connectivity index (χ2n) is 4.14. The molecule has 0 aromatic rings. The number of likely N-dealkylation sites (tertiary alicyclic amines) is 1. The van der Waals surface area contributed by atoms with Crippen LogP contribution in [0.1, 0.15) is 26.7 Å². The molecule has 0 bridgehead atoms. The third kappa shape index (κ3) is 4.24. The van der Waals surface area contributed by atoms with Crippen molar-refractivity contribution in [3.8, 4) is 0 Å². The van der Waals surface area contributed by atoms with Gasteiger partial charge in [0.2, 0.25) is 6.04 Å². The van der Waals surface area contributed by atoms with Crippen molar-refractivity contribution in [2.75, 3.05) is 26.3 Å². The highest BCUT2D eigenvalue weighted by molar-refractivity contribution is 9.09. The first kappa shape index (κ1) is 15.4. The lowest BCUT2D eigenvalue weighted by molar-refractivity contribution is -0.164. The van der Waals surface area contributed by atoms with Crippen LogP contribution in [0.15, 0.2) is 0 Å². The maximum Gasteiger partial charge on any atom is 0.335 e. The summed E-state index contributed by atoms with van der Waals surface area (Å²) in [6, 6.07) is -0.926. The molecule has 0 N–H and O–H groups in total. The minimum absolute atomic E-state index is 0.264. The zero-order valence-corrected chi connectivity index (χ0v) is 12.4. The molecule has 1 saturated heterocycles. The summed E-state index contributed by atoms with van der Waals surface area (Å²) in [5.41, 5.74) is 0. The van der Waals surface area contributed by atoms with Crippen molar-refractivity contribution < 1.29 is 19.1 Å². The van der Waals surface area contributed by atoms with E-state index < -0.39 is 18.0 Å². The Labute approximate surface area is 116 Å². The van der Waals surface area contributed by atoms with Gasteiger partial charge >= 0.3 is 11.9 Å². The first-order chi connectivity index (χ1) is 8.60. The summed E-state index contributed by atoms with van der Waals surface area (Å²) in [6.45, 7) is 5.35. The molecule has 0 radical (unpaired) electrons. The van der Waals surface area contributed by atoms with Crippen molar-refractivity contribution >= 4 is 27.9 Å². The van der Waals surface area contributed by atoms with Crippen molar-refractivity contribution in [2.45, 2.75) is 37.6 Å². The number of hydrogen-bond donors (Lipinski definition) is 0. The monoisotopic (exact) mass is 321 g/mol. The van der Waals surface area contributed by atoms with Gasteiger partial charge in [0.1, 0.15) is 0 Å². The number of alkyl halides is 1. The van der Waals surface area contributed by atoms with Gasteiger partial charge in [-0.2, -0.15) is 0 Å². The van der Waals surface area contributed by atoms with Crippen LogP contribution in [0, 0.1) is 0 Å². The third-order valence-corrected chi connectivity index (χ3v) is 3.53. The van der Waals surface area contributed by atoms with Crippen molar-refractivity contribution in [2.24, 2.45) is 0 Å². The van der Waals surface area contributed by atoms with Crippen LogP contribution in [0.4, 0.5) is 0 Å². The predicted octanol–water partition coefficient (Wildman–Crippen LogP) is 1.34. The van der Waals surface area contributed by atoms with E-state index >= 15 is 0 Å². The summed E-state index contributed by atoms with van der Waals surface area (Å²) in [5, 5.41) is 0. The molecule has 0 aromatic heterocycles. The van der Waals surface area contributed by atoms with Gasteiger partial charge in [-0.3, -0.25) is 4.90 Å². The van der Waals surface area contributed by atoms with E-state index in [1.165, 1.54) is 0 Å². The summed E-state index contributed by atoms with van der Waals surface area (Å²) >= 11 is 3.53. The Morgan fingerprint density at radius 3 is 2.28 bits per heavy atom. The Hall–Kier alpha value is -0.620. The molecule has 0 aliphatic carbocycles. The number of carbonyl (C=O) groups is 2. The fraction of sp³-hybridized carbons (Fsp3) is 0.833. The Morgan fingerprint density at radius 1 is 1.28 bits per heavy atom. The van der Waals surface area contributed by atoms with Crippen LogP contribution in [-0.4, -0.2) is 54.0 Å². The van der Waals surface area contributed by atoms with Crippen LogP contribution < -0.4 is 0 Å². The first-order valence-corrected chi connectivity index (χ1v) is 7.23. The zero-order chi connectivity index (χ0) is 13.5. The molecule has 104 valence electrons. The Kier molecular flexibility index (Phi) is 6.63. The van der Waals surface area contributed by atoms with Crippen LogP contribution in [-0.2, 0) is 19.1 Å². The minimum Gasteiger partial charge on any atom is -0.464 e. The molecular weight excluding hydrogens is 302 g/mol. The molecule has 6 heteroatoms. The van der Waals surface area contributed by atoms with Gasteiger partial charge in [-0.1, -0.05) is 15.9 Å². The summed E-state index contributed by atoms with van der Waals surface area (Å²) in [7, 11) is 0. The number of halogens is 1. The second-order valence-corrected chi connectivity index (χ2v) is 5.44. The number of rotatable bonds is 5. The van der Waals surface area contributed by atoms with Gasteiger partial charge in [-0.25, -0.2) is 9.59 Å². The molecule has 1 aliphatic heterocycles. The highest BCUT2D eigenvalue weighted by atomic mass is 79.9. The topological polar surface area (TPSA) is 55.8 Å². The lowest BCUT2D eigenvalue weighted by Crippen LogP contribution is -2.52. The summed E-state index contributed by atoms with van der Waals surface area (Å²) in [5.74, 6) is -1.03. The fourth-order valence-corrected chi connectivity index (χ4v) is 2.72. The molecule has 18 heavy (non-hydrogen) atoms. The van der Waals surface area contributed by atoms with Gasteiger partial charge in [0.05, 0.1) is 13.2 Å². The van der Waals surface area contributed by atoms with Gasteiger partial charge in [0.15, 0.2) is 0 Å². The molecule has 1 rings (SSSR count). The average Bonchev–Trinajstić information content (AvgIpc) is 2.30. The summed E-state index contributed by atoms with van der Waals surface area (Å²) in [6.07, 6.45) is 2.00. The SMILES string of the molecule is CCOC(=O)C(C(=O)OCC)N1CCCC(Br)C1. The van der Waals surface area contributed by atoms with Crippen LogP contribution >= 0.6 is 15.9 Å². The van der Waals surface area contributed by atoms with E-state index in [-0.39, 0.29) is 13.2 Å². The van der Waals surface area contributed by atoms with Crippen molar-refractivity contribution in [3.63, 3.8) is 0 Å². The highest BCUT2D eigenvalue weighted by Crippen LogP contribution is 2.20. The van der Waals surface area contributed by atoms with Gasteiger partial charge in [-0.05, 0) is 33.2 Å². The number of hydrogen-bond acceptors (Lipinski definition) is 5. The van der Waals surface area contributed by atoms with Crippen LogP contribution in [0.5, 0.6) is 0 Å². The molecule has 5 nitrogen and oxygen atoms in total. The van der Waals surface area contributed by atoms with Crippen LogP contribution in [0.25, 0.3) is 0 Å². The minimum atomic E-state index is -0.926. The Balaban J connectivity index is 2.75. The highest BCUT2D eigenvalue weighted by Gasteiger charge is 2.37. The van der Waals surface area contributed by atoms with E-state index in [4.69, 9.17) is 9.47 Å². The normalized spacial score (nSPS) is 20.8. The van der Waals surface area contributed by atoms with Gasteiger partial charge in [0, 0.05) is 11.4 Å². The molecular formula is C12H20BrNO4. The Bertz CT molecular complexity index is 280. The molecule has 1 atom stereocenters. The zero-order valence-electron chi connectivity index (χ0n) is 10.9. The number of carbonyl (C=O) groups excluding carboxylic acids is 2. The van der Waals surface area contributed by atoms with E-state index in [1.807, 2.05) is 4.90 Å². The molecule has 0 amide bonds. The molecule has 1 fully saturated rings. The predicted molar refractivity (Wildman–Crippen MR) is 70.6 cm³/mol. The van der Waals surface area contributed by atoms with Gasteiger partial charge in [-0.15, -0.1) is 0 Å². The summed E-state index contributed by atoms with van der Waals surface area (Å²) in [4.78, 5) is 25.9. The summed E-state index contributed by atoms with van der Waals surface area (Å²) < 4.78 is 9.93. The smallest absolute Gasteiger partial charge is 0.335 e. The fourth-order valence-electron chi connectivity index (χ4n) is 2.02. The molecule has 0 spiro atoms. The third-order valence-electron chi connectivity index (χ3n) is 2.78. The molecule has 1 heterocycles. The standard InChI is InChI=1S/C12H20BrNO4/c1-3-17-11(15)10(12(16)18-4-2)14-7-5-6-9(13)8-14/h9-10H,3-8H2,1-2H3. The molecule has 1 aliphatic rings. The maximum absolute atomic E-state index is 11.9. The Morgan fingerprint density at radius 2 is 1.83 bits per heavy atom. The molecule has 0 saturated carbocycles. The second kappa shape index (κ2) is 7.74. The number of nitrogens with zero attached hydrogens (tertiary/aromatic N) is 1. The molecule has 1 unspecified atom stereocenters. The van der Waals surface area contributed by atoms with Crippen molar-refractivity contribution in [1.82, 2.24) is 4.90 Å². The molecule has 0 aromatic carbocycles. The lowest BCUT2D eigenvalue weighted by atomic mass is 10.1.